The lowest BCUT2D eigenvalue weighted by molar-refractivity contribution is 1.07. The maximum absolute atomic E-state index is 6.14. The van der Waals surface area contributed by atoms with Crippen molar-refractivity contribution in [2.45, 2.75) is 0 Å². The second kappa shape index (κ2) is 6.34. The first kappa shape index (κ1) is 14.7. The zero-order valence-electron chi connectivity index (χ0n) is 12.9. The number of halogens is 1. The molecule has 0 fully saturated rings. The maximum Gasteiger partial charge on any atom is 0.145 e. The van der Waals surface area contributed by atoms with E-state index in [1.54, 1.807) is 0 Å². The summed E-state index contributed by atoms with van der Waals surface area (Å²) in [5.74, 6) is 0.914. The lowest BCUT2D eigenvalue weighted by atomic mass is 10.2. The van der Waals surface area contributed by atoms with Crippen LogP contribution in [0.25, 0.3) is 28.3 Å². The van der Waals surface area contributed by atoms with Crippen LogP contribution in [0.3, 0.4) is 0 Å². The van der Waals surface area contributed by atoms with Crippen LogP contribution < -0.4 is 0 Å². The van der Waals surface area contributed by atoms with Crippen LogP contribution in [-0.4, -0.2) is 9.55 Å². The minimum Gasteiger partial charge on any atom is -0.299 e. The van der Waals surface area contributed by atoms with Gasteiger partial charge in [0.1, 0.15) is 5.82 Å². The Hall–Kier alpha value is -2.84. The first-order valence-electron chi connectivity index (χ1n) is 7.77. The highest BCUT2D eigenvalue weighted by Crippen LogP contribution is 2.28. The predicted molar refractivity (Wildman–Crippen MR) is 99.4 cm³/mol. The number of nitrogens with zero attached hydrogens (tertiary/aromatic N) is 2. The summed E-state index contributed by atoms with van der Waals surface area (Å²) in [5, 5.41) is 0.711. The molecule has 0 aliphatic heterocycles. The highest BCUT2D eigenvalue weighted by Gasteiger charge is 2.13. The summed E-state index contributed by atoms with van der Waals surface area (Å²) in [6.07, 6.45) is 2.06. The third-order valence-corrected chi connectivity index (χ3v) is 4.13. The lowest BCUT2D eigenvalue weighted by Crippen LogP contribution is -1.95. The number of hydrogen-bond acceptors (Lipinski definition) is 1. The van der Waals surface area contributed by atoms with Crippen LogP contribution in [0, 0.1) is 0 Å². The zero-order chi connectivity index (χ0) is 16.4. The molecule has 0 amide bonds. The van der Waals surface area contributed by atoms with Crippen LogP contribution in [0.2, 0.25) is 5.02 Å². The van der Waals surface area contributed by atoms with Gasteiger partial charge in [-0.25, -0.2) is 4.98 Å². The Morgan fingerprint density at radius 2 is 1.38 bits per heavy atom. The highest BCUT2D eigenvalue weighted by molar-refractivity contribution is 6.30. The van der Waals surface area contributed by atoms with Gasteiger partial charge in [-0.15, -0.1) is 0 Å². The van der Waals surface area contributed by atoms with Crippen molar-refractivity contribution in [1.82, 2.24) is 9.55 Å². The van der Waals surface area contributed by atoms with Crippen molar-refractivity contribution in [2.75, 3.05) is 0 Å². The van der Waals surface area contributed by atoms with Gasteiger partial charge in [0.05, 0.1) is 5.69 Å². The molecule has 0 N–H and O–H groups in total. The molecule has 0 unspecified atom stereocenters. The fourth-order valence-corrected chi connectivity index (χ4v) is 2.93. The Balaban J connectivity index is 1.91. The minimum absolute atomic E-state index is 0.711. The van der Waals surface area contributed by atoms with E-state index in [0.29, 0.717) is 5.02 Å². The van der Waals surface area contributed by atoms with E-state index in [1.165, 1.54) is 0 Å². The van der Waals surface area contributed by atoms with Crippen LogP contribution in [0.15, 0.2) is 91.1 Å². The minimum atomic E-state index is 0.711. The summed E-state index contributed by atoms with van der Waals surface area (Å²) in [5.41, 5.74) is 4.07. The summed E-state index contributed by atoms with van der Waals surface area (Å²) in [4.78, 5) is 4.87. The van der Waals surface area contributed by atoms with Crippen LogP contribution in [-0.2, 0) is 0 Å². The Kier molecular flexibility index (Phi) is 3.89. The fourth-order valence-electron chi connectivity index (χ4n) is 2.74. The number of hydrogen-bond donors (Lipinski definition) is 0. The van der Waals surface area contributed by atoms with Crippen molar-refractivity contribution in [3.63, 3.8) is 0 Å². The molecule has 24 heavy (non-hydrogen) atoms. The standard InChI is InChI=1S/C21H15ClN2/c22-18-11-7-10-17(14-18)20-15-24(19-12-5-2-6-13-19)21(23-20)16-8-3-1-4-9-16/h1-15H. The number of para-hydroxylation sites is 1. The van der Waals surface area contributed by atoms with Crippen molar-refractivity contribution in [3.8, 4) is 28.3 Å². The maximum atomic E-state index is 6.14. The van der Waals surface area contributed by atoms with Crippen LogP contribution >= 0.6 is 11.6 Å². The summed E-state index contributed by atoms with van der Waals surface area (Å²) < 4.78 is 2.12. The van der Waals surface area contributed by atoms with Gasteiger partial charge in [0, 0.05) is 28.0 Å². The quantitative estimate of drug-likeness (QED) is 0.460. The largest absolute Gasteiger partial charge is 0.299 e. The van der Waals surface area contributed by atoms with E-state index >= 15 is 0 Å². The predicted octanol–water partition coefficient (Wildman–Crippen LogP) is 5.86. The number of rotatable bonds is 3. The summed E-state index contributed by atoms with van der Waals surface area (Å²) >= 11 is 6.14. The molecule has 0 atom stereocenters. The van der Waals surface area contributed by atoms with Crippen LogP contribution in [0.1, 0.15) is 0 Å². The van der Waals surface area contributed by atoms with Crippen molar-refractivity contribution in [1.29, 1.82) is 0 Å². The van der Waals surface area contributed by atoms with Crippen molar-refractivity contribution in [3.05, 3.63) is 96.1 Å². The normalized spacial score (nSPS) is 10.7. The second-order valence-corrected chi connectivity index (χ2v) is 5.97. The Morgan fingerprint density at radius 1 is 0.708 bits per heavy atom. The highest BCUT2D eigenvalue weighted by atomic mass is 35.5. The average molecular weight is 331 g/mol. The van der Waals surface area contributed by atoms with E-state index in [2.05, 4.69) is 35.0 Å². The first-order chi connectivity index (χ1) is 11.8. The van der Waals surface area contributed by atoms with Gasteiger partial charge in [-0.2, -0.15) is 0 Å². The Labute approximate surface area is 146 Å². The van der Waals surface area contributed by atoms with Gasteiger partial charge in [-0.05, 0) is 24.3 Å². The molecule has 0 bridgehead atoms. The molecular weight excluding hydrogens is 316 g/mol. The molecule has 0 aliphatic carbocycles. The molecule has 3 heteroatoms. The molecule has 0 aliphatic rings. The van der Waals surface area contributed by atoms with Crippen molar-refractivity contribution >= 4 is 11.6 Å². The van der Waals surface area contributed by atoms with Crippen LogP contribution in [0.5, 0.6) is 0 Å². The topological polar surface area (TPSA) is 17.8 Å². The van der Waals surface area contributed by atoms with E-state index in [4.69, 9.17) is 16.6 Å². The molecule has 116 valence electrons. The van der Waals surface area contributed by atoms with E-state index < -0.39 is 0 Å². The molecule has 1 aromatic heterocycles. The summed E-state index contributed by atoms with van der Waals surface area (Å²) in [6.45, 7) is 0. The molecule has 2 nitrogen and oxygen atoms in total. The second-order valence-electron chi connectivity index (χ2n) is 5.53. The van der Waals surface area contributed by atoms with E-state index in [9.17, 15) is 0 Å². The van der Waals surface area contributed by atoms with E-state index in [-0.39, 0.29) is 0 Å². The van der Waals surface area contributed by atoms with Gasteiger partial charge >= 0.3 is 0 Å². The lowest BCUT2D eigenvalue weighted by Gasteiger charge is -2.07. The molecule has 4 aromatic rings. The summed E-state index contributed by atoms with van der Waals surface area (Å²) in [6, 6.07) is 28.2. The Bertz CT molecular complexity index is 903. The molecule has 3 aromatic carbocycles. The van der Waals surface area contributed by atoms with Crippen molar-refractivity contribution in [2.24, 2.45) is 0 Å². The van der Waals surface area contributed by atoms with Crippen LogP contribution in [0.4, 0.5) is 0 Å². The van der Waals surface area contributed by atoms with Gasteiger partial charge in [-0.3, -0.25) is 4.57 Å². The van der Waals surface area contributed by atoms with Gasteiger partial charge in [0.25, 0.3) is 0 Å². The Morgan fingerprint density at radius 3 is 2.08 bits per heavy atom. The molecular formula is C21H15ClN2. The number of aromatic nitrogens is 2. The number of imidazole rings is 1. The molecule has 0 radical (unpaired) electrons. The third kappa shape index (κ3) is 2.84. The van der Waals surface area contributed by atoms with Gasteiger partial charge in [0.2, 0.25) is 0 Å². The van der Waals surface area contributed by atoms with E-state index in [1.807, 2.05) is 60.7 Å². The van der Waals surface area contributed by atoms with Gasteiger partial charge in [-0.1, -0.05) is 72.3 Å². The van der Waals surface area contributed by atoms with Crippen molar-refractivity contribution < 1.29 is 0 Å². The molecule has 0 saturated heterocycles. The fraction of sp³-hybridized carbons (Fsp3) is 0. The molecule has 0 spiro atoms. The van der Waals surface area contributed by atoms with Gasteiger partial charge in [0.15, 0.2) is 0 Å². The number of benzene rings is 3. The summed E-state index contributed by atoms with van der Waals surface area (Å²) in [7, 11) is 0. The molecule has 0 saturated carbocycles. The SMILES string of the molecule is Clc1cccc(-c2cn(-c3ccccc3)c(-c3ccccc3)n2)c1. The monoisotopic (exact) mass is 330 g/mol. The first-order valence-corrected chi connectivity index (χ1v) is 8.15. The average Bonchev–Trinajstić information content (AvgIpc) is 3.09. The molecule has 1 heterocycles. The third-order valence-electron chi connectivity index (χ3n) is 3.89. The molecule has 4 rings (SSSR count). The smallest absolute Gasteiger partial charge is 0.145 e. The van der Waals surface area contributed by atoms with Gasteiger partial charge < -0.3 is 0 Å². The zero-order valence-corrected chi connectivity index (χ0v) is 13.7. The van der Waals surface area contributed by atoms with E-state index in [0.717, 1.165) is 28.3 Å².